The van der Waals surface area contributed by atoms with Crippen molar-refractivity contribution in [2.24, 2.45) is 5.73 Å². The van der Waals surface area contributed by atoms with E-state index in [2.05, 4.69) is 31.2 Å². The van der Waals surface area contributed by atoms with Crippen molar-refractivity contribution in [2.75, 3.05) is 23.3 Å². The van der Waals surface area contributed by atoms with Crippen molar-refractivity contribution in [1.82, 2.24) is 15.0 Å². The molecule has 1 aliphatic rings. The summed E-state index contributed by atoms with van der Waals surface area (Å²) in [6.45, 7) is 1.62. The van der Waals surface area contributed by atoms with Crippen LogP contribution in [-0.4, -0.2) is 40.0 Å². The molecule has 0 aromatic carbocycles. The van der Waals surface area contributed by atoms with E-state index in [1.165, 1.54) is 6.20 Å². The summed E-state index contributed by atoms with van der Waals surface area (Å²) in [7, 11) is 0. The highest BCUT2D eigenvalue weighted by Crippen LogP contribution is 2.23. The molecular formula is C23H23N7O. The zero-order valence-electron chi connectivity index (χ0n) is 17.0. The number of aromatic nitrogens is 3. The third kappa shape index (κ3) is 4.95. The first kappa shape index (κ1) is 20.3. The Balaban J connectivity index is 1.51. The molecule has 0 unspecified atom stereocenters. The smallest absolute Gasteiger partial charge is 0.252 e. The number of amides is 1. The number of carbonyl (C=O) groups is 1. The molecule has 3 aromatic rings. The number of hydrogen-bond donors (Lipinski definition) is 2. The summed E-state index contributed by atoms with van der Waals surface area (Å²) in [5, 5.41) is 12.5. The monoisotopic (exact) mass is 413 g/mol. The van der Waals surface area contributed by atoms with E-state index in [0.29, 0.717) is 23.2 Å². The molecule has 1 atom stereocenters. The number of nitrogens with zero attached hydrogens (tertiary/aromatic N) is 5. The van der Waals surface area contributed by atoms with E-state index in [-0.39, 0.29) is 6.04 Å². The fourth-order valence-corrected chi connectivity index (χ4v) is 3.76. The quantitative estimate of drug-likeness (QED) is 0.637. The Morgan fingerprint density at radius 1 is 1.19 bits per heavy atom. The van der Waals surface area contributed by atoms with Crippen molar-refractivity contribution in [1.29, 1.82) is 5.26 Å². The summed E-state index contributed by atoms with van der Waals surface area (Å²) < 4.78 is 0. The fraction of sp³-hybridized carbons (Fsp3) is 0.261. The topological polar surface area (TPSA) is 121 Å². The summed E-state index contributed by atoms with van der Waals surface area (Å²) in [4.78, 5) is 27.3. The first-order valence-electron chi connectivity index (χ1n) is 10.2. The molecular weight excluding hydrogens is 390 g/mol. The highest BCUT2D eigenvalue weighted by Gasteiger charge is 2.22. The van der Waals surface area contributed by atoms with E-state index in [4.69, 9.17) is 11.0 Å². The molecule has 0 aliphatic carbocycles. The van der Waals surface area contributed by atoms with Gasteiger partial charge in [0.05, 0.1) is 16.8 Å². The van der Waals surface area contributed by atoms with Crippen LogP contribution in [0.5, 0.6) is 0 Å². The number of anilines is 2. The second kappa shape index (κ2) is 9.22. The number of pyridine rings is 3. The number of nitrogens with two attached hydrogens (primary N) is 1. The van der Waals surface area contributed by atoms with E-state index < -0.39 is 5.91 Å². The fourth-order valence-electron chi connectivity index (χ4n) is 3.76. The Kier molecular flexibility index (Phi) is 6.03. The standard InChI is InChI=1S/C23H23N7O/c24-12-16-6-7-22(28-13-16)30-9-3-5-18(15-30)29-21-11-19(27-14-20(21)23(25)31)10-17-4-1-2-8-26-17/h1-2,4,6-8,11,13-14,18H,3,5,9-10,15H2,(H2,25,31)(H,27,29)/t18-/m0/s1. The van der Waals surface area contributed by atoms with E-state index in [9.17, 15) is 4.79 Å². The molecule has 8 nitrogen and oxygen atoms in total. The molecule has 8 heteroatoms. The lowest BCUT2D eigenvalue weighted by atomic mass is 10.0. The number of nitriles is 1. The van der Waals surface area contributed by atoms with Gasteiger partial charge in [-0.3, -0.25) is 14.8 Å². The first-order chi connectivity index (χ1) is 15.1. The van der Waals surface area contributed by atoms with Crippen LogP contribution in [-0.2, 0) is 6.42 Å². The van der Waals surface area contributed by atoms with Gasteiger partial charge in [0.2, 0.25) is 0 Å². The molecule has 1 amide bonds. The second-order valence-corrected chi connectivity index (χ2v) is 7.53. The number of rotatable bonds is 6. The summed E-state index contributed by atoms with van der Waals surface area (Å²) in [5.74, 6) is 0.326. The lowest BCUT2D eigenvalue weighted by molar-refractivity contribution is 0.100. The van der Waals surface area contributed by atoms with Gasteiger partial charge in [0.25, 0.3) is 5.91 Å². The highest BCUT2D eigenvalue weighted by atomic mass is 16.1. The normalized spacial score (nSPS) is 15.8. The molecule has 1 fully saturated rings. The number of piperidine rings is 1. The molecule has 1 saturated heterocycles. The van der Waals surface area contributed by atoms with Crippen LogP contribution < -0.4 is 16.0 Å². The Hall–Kier alpha value is -3.99. The minimum atomic E-state index is -0.513. The predicted octanol–water partition coefficient (Wildman–Crippen LogP) is 2.51. The van der Waals surface area contributed by atoms with Crippen LogP contribution in [0.1, 0.15) is 40.2 Å². The van der Waals surface area contributed by atoms with Gasteiger partial charge in [-0.25, -0.2) is 4.98 Å². The van der Waals surface area contributed by atoms with Crippen LogP contribution in [0.2, 0.25) is 0 Å². The Bertz CT molecular complexity index is 1090. The van der Waals surface area contributed by atoms with Crippen LogP contribution >= 0.6 is 0 Å². The van der Waals surface area contributed by atoms with Crippen LogP contribution in [0.15, 0.2) is 55.0 Å². The molecule has 4 heterocycles. The van der Waals surface area contributed by atoms with Crippen LogP contribution in [0, 0.1) is 11.3 Å². The lowest BCUT2D eigenvalue weighted by Gasteiger charge is -2.34. The van der Waals surface area contributed by atoms with Gasteiger partial charge in [-0.15, -0.1) is 0 Å². The third-order valence-corrected chi connectivity index (χ3v) is 5.30. The van der Waals surface area contributed by atoms with Gasteiger partial charge in [-0.05, 0) is 43.2 Å². The van der Waals surface area contributed by atoms with Crippen LogP contribution in [0.3, 0.4) is 0 Å². The largest absolute Gasteiger partial charge is 0.380 e. The molecule has 31 heavy (non-hydrogen) atoms. The minimum absolute atomic E-state index is 0.120. The molecule has 156 valence electrons. The molecule has 3 N–H and O–H groups in total. The number of nitrogens with one attached hydrogen (secondary N) is 1. The van der Waals surface area contributed by atoms with Gasteiger partial charge in [-0.1, -0.05) is 6.07 Å². The Labute approximate surface area is 180 Å². The van der Waals surface area contributed by atoms with Gasteiger partial charge in [0, 0.05) is 55.5 Å². The van der Waals surface area contributed by atoms with Crippen molar-refractivity contribution in [3.05, 3.63) is 77.5 Å². The van der Waals surface area contributed by atoms with Crippen molar-refractivity contribution in [3.63, 3.8) is 0 Å². The average Bonchev–Trinajstić information content (AvgIpc) is 2.80. The summed E-state index contributed by atoms with van der Waals surface area (Å²) in [6.07, 6.45) is 7.39. The molecule has 1 aliphatic heterocycles. The van der Waals surface area contributed by atoms with Crippen molar-refractivity contribution in [3.8, 4) is 6.07 Å². The van der Waals surface area contributed by atoms with Crippen LogP contribution in [0.4, 0.5) is 11.5 Å². The summed E-state index contributed by atoms with van der Waals surface area (Å²) >= 11 is 0. The molecule has 0 spiro atoms. The maximum Gasteiger partial charge on any atom is 0.252 e. The average molecular weight is 413 g/mol. The highest BCUT2D eigenvalue weighted by molar-refractivity contribution is 5.98. The Morgan fingerprint density at radius 2 is 2.10 bits per heavy atom. The maximum absolute atomic E-state index is 12.0. The lowest BCUT2D eigenvalue weighted by Crippen LogP contribution is -2.42. The SMILES string of the molecule is N#Cc1ccc(N2CCC[C@H](Nc3cc(Cc4ccccn4)ncc3C(N)=O)C2)nc1. The van der Waals surface area contributed by atoms with E-state index >= 15 is 0 Å². The zero-order valence-corrected chi connectivity index (χ0v) is 17.0. The number of carbonyl (C=O) groups excluding carboxylic acids is 1. The minimum Gasteiger partial charge on any atom is -0.380 e. The second-order valence-electron chi connectivity index (χ2n) is 7.53. The van der Waals surface area contributed by atoms with Crippen molar-refractivity contribution >= 4 is 17.4 Å². The number of primary amides is 1. The summed E-state index contributed by atoms with van der Waals surface area (Å²) in [6, 6.07) is 13.5. The van der Waals surface area contributed by atoms with Gasteiger partial charge in [0.15, 0.2) is 0 Å². The maximum atomic E-state index is 12.0. The van der Waals surface area contributed by atoms with E-state index in [1.807, 2.05) is 30.3 Å². The molecule has 3 aromatic heterocycles. The molecule has 0 bridgehead atoms. The third-order valence-electron chi connectivity index (χ3n) is 5.30. The molecule has 0 radical (unpaired) electrons. The zero-order chi connectivity index (χ0) is 21.6. The molecule has 4 rings (SSSR count). The predicted molar refractivity (Wildman–Crippen MR) is 118 cm³/mol. The van der Waals surface area contributed by atoms with E-state index in [0.717, 1.165) is 43.1 Å². The molecule has 0 saturated carbocycles. The van der Waals surface area contributed by atoms with Gasteiger partial charge >= 0.3 is 0 Å². The van der Waals surface area contributed by atoms with Gasteiger partial charge in [-0.2, -0.15) is 5.26 Å². The Morgan fingerprint density at radius 3 is 2.81 bits per heavy atom. The van der Waals surface area contributed by atoms with Gasteiger partial charge in [0.1, 0.15) is 11.9 Å². The van der Waals surface area contributed by atoms with Gasteiger partial charge < -0.3 is 16.0 Å². The first-order valence-corrected chi connectivity index (χ1v) is 10.2. The summed E-state index contributed by atoms with van der Waals surface area (Å²) in [5.41, 5.74) is 8.91. The van der Waals surface area contributed by atoms with Crippen molar-refractivity contribution < 1.29 is 4.79 Å². The van der Waals surface area contributed by atoms with Crippen LogP contribution in [0.25, 0.3) is 0 Å². The van der Waals surface area contributed by atoms with Crippen molar-refractivity contribution in [2.45, 2.75) is 25.3 Å². The number of hydrogen-bond acceptors (Lipinski definition) is 7. The van der Waals surface area contributed by atoms with E-state index in [1.54, 1.807) is 18.5 Å².